The lowest BCUT2D eigenvalue weighted by Gasteiger charge is -2.33. The molecule has 3 heteroatoms. The lowest BCUT2D eigenvalue weighted by molar-refractivity contribution is 0.169. The highest BCUT2D eigenvalue weighted by Gasteiger charge is 2.17. The first-order chi connectivity index (χ1) is 10.2. The minimum absolute atomic E-state index is 0.532. The van der Waals surface area contributed by atoms with Crippen molar-refractivity contribution < 1.29 is 0 Å². The summed E-state index contributed by atoms with van der Waals surface area (Å²) in [5.74, 6) is 0.861. The maximum absolute atomic E-state index is 3.69. The Morgan fingerprint density at radius 3 is 3.14 bits per heavy atom. The van der Waals surface area contributed by atoms with Gasteiger partial charge in [-0.25, -0.2) is 0 Å². The number of benzene rings is 1. The molecule has 3 rings (SSSR count). The Morgan fingerprint density at radius 1 is 1.38 bits per heavy atom. The maximum Gasteiger partial charge on any atom is 0.0457 e. The van der Waals surface area contributed by atoms with Crippen LogP contribution in [0.2, 0.25) is 0 Å². The summed E-state index contributed by atoms with van der Waals surface area (Å²) < 4.78 is 0. The van der Waals surface area contributed by atoms with Crippen molar-refractivity contribution in [2.45, 2.75) is 39.3 Å². The van der Waals surface area contributed by atoms with Gasteiger partial charge in [0.15, 0.2) is 0 Å². The third-order valence-corrected chi connectivity index (χ3v) is 4.60. The van der Waals surface area contributed by atoms with Crippen LogP contribution in [0.15, 0.2) is 30.5 Å². The van der Waals surface area contributed by atoms with Crippen molar-refractivity contribution in [3.8, 4) is 0 Å². The van der Waals surface area contributed by atoms with E-state index in [-0.39, 0.29) is 0 Å². The second-order valence-corrected chi connectivity index (χ2v) is 6.64. The fraction of sp³-hybridized carbons (Fsp3) is 0.556. The van der Waals surface area contributed by atoms with Crippen LogP contribution in [0.5, 0.6) is 0 Å². The van der Waals surface area contributed by atoms with Gasteiger partial charge in [0.25, 0.3) is 0 Å². The number of nitrogens with zero attached hydrogens (tertiary/aromatic N) is 1. The largest absolute Gasteiger partial charge is 0.361 e. The predicted octanol–water partition coefficient (Wildman–Crippen LogP) is 3.38. The van der Waals surface area contributed by atoms with Crippen LogP contribution in [0.3, 0.4) is 0 Å². The number of aromatic amines is 1. The van der Waals surface area contributed by atoms with Crippen LogP contribution in [0.25, 0.3) is 10.9 Å². The van der Waals surface area contributed by atoms with Crippen LogP contribution >= 0.6 is 0 Å². The van der Waals surface area contributed by atoms with Crippen LogP contribution in [0.4, 0.5) is 0 Å². The Hall–Kier alpha value is -1.32. The monoisotopic (exact) mass is 285 g/mol. The first-order valence-electron chi connectivity index (χ1n) is 8.23. The number of rotatable bonds is 5. The summed E-state index contributed by atoms with van der Waals surface area (Å²) in [6.07, 6.45) is 4.77. The molecule has 0 bridgehead atoms. The smallest absolute Gasteiger partial charge is 0.0457 e. The molecule has 0 saturated carbocycles. The summed E-state index contributed by atoms with van der Waals surface area (Å²) in [4.78, 5) is 5.90. The number of fused-ring (bicyclic) bond motifs is 1. The molecule has 0 aliphatic carbocycles. The fourth-order valence-electron chi connectivity index (χ4n) is 3.49. The molecule has 1 aromatic heterocycles. The molecule has 1 aliphatic rings. The van der Waals surface area contributed by atoms with Gasteiger partial charge in [-0.2, -0.15) is 0 Å². The summed E-state index contributed by atoms with van der Waals surface area (Å²) in [5, 5.41) is 5.02. The Labute approximate surface area is 127 Å². The van der Waals surface area contributed by atoms with E-state index in [0.717, 1.165) is 19.0 Å². The van der Waals surface area contributed by atoms with Gasteiger partial charge in [-0.1, -0.05) is 19.1 Å². The van der Waals surface area contributed by atoms with E-state index >= 15 is 0 Å². The van der Waals surface area contributed by atoms with E-state index in [2.05, 4.69) is 53.3 Å². The average molecular weight is 285 g/mol. The van der Waals surface area contributed by atoms with Crippen molar-refractivity contribution >= 4 is 10.9 Å². The van der Waals surface area contributed by atoms with Crippen LogP contribution in [0.1, 0.15) is 32.3 Å². The van der Waals surface area contributed by atoms with Crippen molar-refractivity contribution in [3.05, 3.63) is 36.0 Å². The lowest BCUT2D eigenvalue weighted by Crippen LogP contribution is -2.43. The van der Waals surface area contributed by atoms with E-state index in [1.807, 2.05) is 6.20 Å². The fourth-order valence-corrected chi connectivity index (χ4v) is 3.49. The van der Waals surface area contributed by atoms with Gasteiger partial charge in [-0.15, -0.1) is 0 Å². The first-order valence-corrected chi connectivity index (χ1v) is 8.23. The summed E-state index contributed by atoms with van der Waals surface area (Å²) in [5.41, 5.74) is 2.61. The molecule has 0 spiro atoms. The second kappa shape index (κ2) is 6.63. The van der Waals surface area contributed by atoms with Crippen molar-refractivity contribution in [1.29, 1.82) is 0 Å². The van der Waals surface area contributed by atoms with Gasteiger partial charge in [-0.05, 0) is 49.9 Å². The molecular weight excluding hydrogens is 258 g/mol. The maximum atomic E-state index is 3.69. The van der Waals surface area contributed by atoms with Crippen molar-refractivity contribution in [1.82, 2.24) is 15.2 Å². The molecule has 2 atom stereocenters. The third-order valence-electron chi connectivity index (χ3n) is 4.60. The molecule has 21 heavy (non-hydrogen) atoms. The highest BCUT2D eigenvalue weighted by molar-refractivity contribution is 5.82. The molecule has 2 heterocycles. The third kappa shape index (κ3) is 3.66. The molecule has 1 aliphatic heterocycles. The van der Waals surface area contributed by atoms with Gasteiger partial charge in [-0.3, -0.25) is 0 Å². The summed E-state index contributed by atoms with van der Waals surface area (Å²) >= 11 is 0. The summed E-state index contributed by atoms with van der Waals surface area (Å²) in [6.45, 7) is 9.31. The molecular formula is C18H27N3. The number of piperidine rings is 1. The standard InChI is InChI=1S/C18H27N3/c1-14-5-4-10-21(12-14)13-15(2)20-11-16-6-3-7-18-17(16)8-9-19-18/h3,6-9,14-15,19-20H,4-5,10-13H2,1-2H3. The van der Waals surface area contributed by atoms with Crippen molar-refractivity contribution in [2.24, 2.45) is 5.92 Å². The quantitative estimate of drug-likeness (QED) is 0.882. The van der Waals surface area contributed by atoms with Gasteiger partial charge in [0, 0.05) is 42.8 Å². The Morgan fingerprint density at radius 2 is 2.29 bits per heavy atom. The average Bonchev–Trinajstić information content (AvgIpc) is 2.94. The van der Waals surface area contributed by atoms with Gasteiger partial charge >= 0.3 is 0 Å². The Bertz CT molecular complexity index is 575. The van der Waals surface area contributed by atoms with E-state index in [1.165, 1.54) is 42.4 Å². The van der Waals surface area contributed by atoms with Crippen LogP contribution in [0, 0.1) is 5.92 Å². The Balaban J connectivity index is 1.53. The first kappa shape index (κ1) is 14.6. The molecule has 1 fully saturated rings. The highest BCUT2D eigenvalue weighted by Crippen LogP contribution is 2.18. The highest BCUT2D eigenvalue weighted by atomic mass is 15.2. The topological polar surface area (TPSA) is 31.1 Å². The van der Waals surface area contributed by atoms with Crippen LogP contribution in [-0.2, 0) is 6.54 Å². The molecule has 2 unspecified atom stereocenters. The number of aromatic nitrogens is 1. The molecule has 0 amide bonds. The number of nitrogens with one attached hydrogen (secondary N) is 2. The summed E-state index contributed by atoms with van der Waals surface area (Å²) in [7, 11) is 0. The predicted molar refractivity (Wildman–Crippen MR) is 89.4 cm³/mol. The van der Waals surface area contributed by atoms with E-state index in [1.54, 1.807) is 0 Å². The molecule has 1 aromatic carbocycles. The zero-order valence-electron chi connectivity index (χ0n) is 13.2. The van der Waals surface area contributed by atoms with E-state index in [4.69, 9.17) is 0 Å². The number of H-pyrrole nitrogens is 1. The zero-order chi connectivity index (χ0) is 14.7. The normalized spacial score (nSPS) is 21.7. The van der Waals surface area contributed by atoms with E-state index in [0.29, 0.717) is 6.04 Å². The molecule has 114 valence electrons. The van der Waals surface area contributed by atoms with Gasteiger partial charge in [0.2, 0.25) is 0 Å². The molecule has 0 radical (unpaired) electrons. The number of likely N-dealkylation sites (tertiary alicyclic amines) is 1. The number of hydrogen-bond acceptors (Lipinski definition) is 2. The Kier molecular flexibility index (Phi) is 4.61. The zero-order valence-corrected chi connectivity index (χ0v) is 13.2. The van der Waals surface area contributed by atoms with E-state index < -0.39 is 0 Å². The molecule has 2 aromatic rings. The van der Waals surface area contributed by atoms with Crippen molar-refractivity contribution in [3.63, 3.8) is 0 Å². The molecule has 1 saturated heterocycles. The van der Waals surface area contributed by atoms with Crippen LogP contribution < -0.4 is 5.32 Å². The second-order valence-electron chi connectivity index (χ2n) is 6.64. The number of hydrogen-bond donors (Lipinski definition) is 2. The van der Waals surface area contributed by atoms with Gasteiger partial charge in [0.05, 0.1) is 0 Å². The molecule has 3 nitrogen and oxygen atoms in total. The van der Waals surface area contributed by atoms with Crippen molar-refractivity contribution in [2.75, 3.05) is 19.6 Å². The molecule has 2 N–H and O–H groups in total. The minimum atomic E-state index is 0.532. The van der Waals surface area contributed by atoms with E-state index in [9.17, 15) is 0 Å². The lowest BCUT2D eigenvalue weighted by atomic mass is 10.00. The van der Waals surface area contributed by atoms with Crippen LogP contribution in [-0.4, -0.2) is 35.6 Å². The SMILES string of the molecule is CC1CCCN(CC(C)NCc2cccc3[nH]ccc23)C1. The van der Waals surface area contributed by atoms with Gasteiger partial charge in [0.1, 0.15) is 0 Å². The van der Waals surface area contributed by atoms with Gasteiger partial charge < -0.3 is 15.2 Å². The summed E-state index contributed by atoms with van der Waals surface area (Å²) in [6, 6.07) is 9.19. The minimum Gasteiger partial charge on any atom is -0.361 e.